The van der Waals surface area contributed by atoms with Crippen molar-refractivity contribution in [1.29, 1.82) is 0 Å². The smallest absolute Gasteiger partial charge is 0.0459 e. The van der Waals surface area contributed by atoms with Crippen LogP contribution in [0, 0.1) is 59.2 Å². The summed E-state index contributed by atoms with van der Waals surface area (Å²) in [4.78, 5) is 3.85. The van der Waals surface area contributed by atoms with Crippen molar-refractivity contribution in [2.24, 2.45) is 52.3 Å². The van der Waals surface area contributed by atoms with E-state index in [1.807, 2.05) is 0 Å². The molecule has 0 saturated heterocycles. The van der Waals surface area contributed by atoms with Gasteiger partial charge in [-0.1, -0.05) is 65.5 Å². The molecule has 1 aromatic carbocycles. The molecule has 4 aliphatic carbocycles. The zero-order chi connectivity index (χ0) is 24.5. The molecule has 8 atom stereocenters. The highest BCUT2D eigenvalue weighted by molar-refractivity contribution is 5.85. The van der Waals surface area contributed by atoms with E-state index >= 15 is 0 Å². The minimum absolute atomic E-state index is 0.497. The summed E-state index contributed by atoms with van der Waals surface area (Å²) in [6.07, 6.45) is 16.0. The second-order valence-electron chi connectivity index (χ2n) is 14.9. The second-order valence-corrected chi connectivity index (χ2v) is 14.9. The first-order valence-corrected chi connectivity index (χ1v) is 15.3. The number of fused-ring (bicyclic) bond motifs is 8. The zero-order valence-corrected chi connectivity index (χ0v) is 23.6. The molecular formula is C34H51N. The van der Waals surface area contributed by atoms with E-state index < -0.39 is 0 Å². The number of nitrogens with one attached hydrogen (secondary N) is 1. The summed E-state index contributed by atoms with van der Waals surface area (Å²) in [6.45, 7) is 15.1. The first kappa shape index (κ1) is 24.1. The number of hydrogen-bond donors (Lipinski definition) is 1. The summed E-state index contributed by atoms with van der Waals surface area (Å²) >= 11 is 0. The number of aryl methyl sites for hydroxylation is 1. The van der Waals surface area contributed by atoms with Crippen molar-refractivity contribution in [3.8, 4) is 0 Å². The van der Waals surface area contributed by atoms with Gasteiger partial charge in [0.2, 0.25) is 0 Å². The molecule has 1 nitrogen and oxygen atoms in total. The Morgan fingerprint density at radius 1 is 1.03 bits per heavy atom. The van der Waals surface area contributed by atoms with E-state index in [1.165, 1.54) is 80.7 Å². The number of aromatic nitrogens is 1. The Bertz CT molecular complexity index is 1080. The normalized spacial score (nSPS) is 39.2. The van der Waals surface area contributed by atoms with Crippen LogP contribution in [0.15, 0.2) is 18.2 Å². The lowest BCUT2D eigenvalue weighted by atomic mass is 9.45. The van der Waals surface area contributed by atoms with Crippen LogP contribution < -0.4 is 0 Å². The van der Waals surface area contributed by atoms with Crippen molar-refractivity contribution in [3.63, 3.8) is 0 Å². The Labute approximate surface area is 215 Å². The minimum atomic E-state index is 0.497. The van der Waals surface area contributed by atoms with Crippen molar-refractivity contribution in [2.45, 2.75) is 112 Å². The van der Waals surface area contributed by atoms with E-state index in [0.29, 0.717) is 10.8 Å². The lowest BCUT2D eigenvalue weighted by molar-refractivity contribution is -0.0900. The average molecular weight is 474 g/mol. The Morgan fingerprint density at radius 3 is 2.66 bits per heavy atom. The number of benzene rings is 1. The van der Waals surface area contributed by atoms with Gasteiger partial charge in [-0.25, -0.2) is 0 Å². The van der Waals surface area contributed by atoms with Crippen LogP contribution in [0.25, 0.3) is 10.9 Å². The first-order chi connectivity index (χ1) is 16.7. The maximum Gasteiger partial charge on any atom is 0.0459 e. The molecule has 0 radical (unpaired) electrons. The molecule has 3 saturated carbocycles. The molecule has 0 bridgehead atoms. The van der Waals surface area contributed by atoms with Gasteiger partial charge in [-0.2, -0.15) is 0 Å². The van der Waals surface area contributed by atoms with Crippen molar-refractivity contribution in [2.75, 3.05) is 0 Å². The molecule has 1 heterocycles. The summed E-state index contributed by atoms with van der Waals surface area (Å²) in [5, 5.41) is 1.53. The Morgan fingerprint density at radius 2 is 1.86 bits per heavy atom. The van der Waals surface area contributed by atoms with Crippen molar-refractivity contribution >= 4 is 10.9 Å². The Kier molecular flexibility index (Phi) is 5.97. The highest BCUT2D eigenvalue weighted by atomic mass is 14.7. The largest absolute Gasteiger partial charge is 0.358 e. The van der Waals surface area contributed by atoms with Crippen LogP contribution in [0.3, 0.4) is 0 Å². The molecule has 1 aromatic heterocycles. The van der Waals surface area contributed by atoms with Gasteiger partial charge < -0.3 is 4.98 Å². The molecule has 8 unspecified atom stereocenters. The zero-order valence-electron chi connectivity index (χ0n) is 23.6. The van der Waals surface area contributed by atoms with Crippen LogP contribution in [0.1, 0.15) is 109 Å². The fourth-order valence-electron chi connectivity index (χ4n) is 10.2. The fraction of sp³-hybridized carbons (Fsp3) is 0.765. The summed E-state index contributed by atoms with van der Waals surface area (Å²) < 4.78 is 0. The molecule has 192 valence electrons. The van der Waals surface area contributed by atoms with Crippen LogP contribution in [-0.2, 0) is 12.8 Å². The predicted octanol–water partition coefficient (Wildman–Crippen LogP) is 9.51. The molecule has 35 heavy (non-hydrogen) atoms. The summed E-state index contributed by atoms with van der Waals surface area (Å²) in [7, 11) is 0. The van der Waals surface area contributed by atoms with Gasteiger partial charge in [0.1, 0.15) is 0 Å². The molecule has 1 N–H and O–H groups in total. The van der Waals surface area contributed by atoms with Crippen LogP contribution >= 0.6 is 0 Å². The van der Waals surface area contributed by atoms with E-state index in [4.69, 9.17) is 0 Å². The van der Waals surface area contributed by atoms with E-state index in [-0.39, 0.29) is 0 Å². The quantitative estimate of drug-likeness (QED) is 0.445. The van der Waals surface area contributed by atoms with Crippen molar-refractivity contribution in [1.82, 2.24) is 4.98 Å². The Balaban J connectivity index is 1.24. The molecule has 4 aliphatic rings. The van der Waals surface area contributed by atoms with Crippen LogP contribution in [0.4, 0.5) is 0 Å². The van der Waals surface area contributed by atoms with E-state index in [9.17, 15) is 0 Å². The fourth-order valence-corrected chi connectivity index (χ4v) is 10.2. The van der Waals surface area contributed by atoms with Gasteiger partial charge in [0.15, 0.2) is 0 Å². The highest BCUT2D eigenvalue weighted by Gasteiger charge is 2.59. The topological polar surface area (TPSA) is 15.8 Å². The molecular weight excluding hydrogens is 422 g/mol. The molecule has 3 fully saturated rings. The first-order valence-electron chi connectivity index (χ1n) is 15.3. The van der Waals surface area contributed by atoms with Gasteiger partial charge in [-0.3, -0.25) is 0 Å². The van der Waals surface area contributed by atoms with Crippen molar-refractivity contribution < 1.29 is 0 Å². The van der Waals surface area contributed by atoms with Crippen LogP contribution in [-0.4, -0.2) is 4.98 Å². The lowest BCUT2D eigenvalue weighted by Gasteiger charge is -2.59. The maximum atomic E-state index is 3.85. The summed E-state index contributed by atoms with van der Waals surface area (Å²) in [5.41, 5.74) is 7.15. The lowest BCUT2D eigenvalue weighted by Crippen LogP contribution is -2.53. The minimum Gasteiger partial charge on any atom is -0.358 e. The van der Waals surface area contributed by atoms with Crippen molar-refractivity contribution in [3.05, 3.63) is 35.0 Å². The third kappa shape index (κ3) is 3.93. The third-order valence-corrected chi connectivity index (χ3v) is 12.3. The van der Waals surface area contributed by atoms with Gasteiger partial charge in [0.05, 0.1) is 0 Å². The number of rotatable bonds is 5. The van der Waals surface area contributed by atoms with Gasteiger partial charge in [0.25, 0.3) is 0 Å². The van der Waals surface area contributed by atoms with E-state index in [1.54, 1.807) is 17.7 Å². The monoisotopic (exact) mass is 473 g/mol. The van der Waals surface area contributed by atoms with Gasteiger partial charge >= 0.3 is 0 Å². The molecule has 0 aliphatic heterocycles. The molecule has 0 amide bonds. The number of aromatic amines is 1. The SMILES string of the molecule is Cc1ccc2[nH]c3c(c2c1)CC1(C)C(CCC2C4CC(C(C)CCCC(C)C)CC4(C)CCC21)C3. The standard InChI is InChI=1S/C34H51N/c1-21(2)8-7-9-23(4)24-17-30-26-12-11-25-18-32-28(27-16-22(3)10-13-31(27)35-32)20-34(25,6)29(26)14-15-33(30,5)19-24/h10,13,16,21,23-26,29-30,35H,7-9,11-12,14-15,17-20H2,1-6H3. The highest BCUT2D eigenvalue weighted by Crippen LogP contribution is 2.67. The number of H-pyrrole nitrogens is 1. The van der Waals surface area contributed by atoms with E-state index in [0.717, 1.165) is 41.4 Å². The van der Waals surface area contributed by atoms with Crippen LogP contribution in [0.5, 0.6) is 0 Å². The second kappa shape index (κ2) is 8.66. The molecule has 6 rings (SSSR count). The third-order valence-electron chi connectivity index (χ3n) is 12.3. The van der Waals surface area contributed by atoms with Gasteiger partial charge in [-0.15, -0.1) is 0 Å². The van der Waals surface area contributed by atoms with Gasteiger partial charge in [-0.05, 0) is 128 Å². The predicted molar refractivity (Wildman–Crippen MR) is 150 cm³/mol. The van der Waals surface area contributed by atoms with Gasteiger partial charge in [0, 0.05) is 16.6 Å². The van der Waals surface area contributed by atoms with Crippen LogP contribution in [0.2, 0.25) is 0 Å². The summed E-state index contributed by atoms with van der Waals surface area (Å²) in [6, 6.07) is 7.05. The molecule has 0 spiro atoms. The maximum absolute atomic E-state index is 3.85. The molecule has 2 aromatic rings. The van der Waals surface area contributed by atoms with E-state index in [2.05, 4.69) is 64.7 Å². The summed E-state index contributed by atoms with van der Waals surface area (Å²) in [5.74, 6) is 6.56. The number of hydrogen-bond acceptors (Lipinski definition) is 0. The Hall–Kier alpha value is -1.24. The molecule has 1 heteroatoms. The average Bonchev–Trinajstić information content (AvgIpc) is 3.34.